The summed E-state index contributed by atoms with van der Waals surface area (Å²) >= 11 is 12.3. The van der Waals surface area contributed by atoms with Gasteiger partial charge in [-0.2, -0.15) is 0 Å². The third-order valence-electron chi connectivity index (χ3n) is 6.80. The van der Waals surface area contributed by atoms with Crippen molar-refractivity contribution in [2.45, 2.75) is 37.8 Å². The molecule has 0 spiro atoms. The fourth-order valence-electron chi connectivity index (χ4n) is 4.90. The number of sulfonamides is 1. The first-order valence-electron chi connectivity index (χ1n) is 13.6. The lowest BCUT2D eigenvalue weighted by molar-refractivity contribution is -0.152. The van der Waals surface area contributed by atoms with Crippen LogP contribution < -0.4 is 4.31 Å². The van der Waals surface area contributed by atoms with Crippen molar-refractivity contribution in [1.82, 2.24) is 9.47 Å². The van der Waals surface area contributed by atoms with Gasteiger partial charge in [-0.15, -0.1) is 0 Å². The number of ether oxygens (including phenoxy) is 2. The molecule has 1 saturated heterocycles. The minimum atomic E-state index is -4.24. The summed E-state index contributed by atoms with van der Waals surface area (Å²) in [5, 5.41) is 1.14. The van der Waals surface area contributed by atoms with Gasteiger partial charge in [-0.05, 0) is 80.9 Å². The number of hydrogen-bond acceptors (Lipinski definition) is 6. The Morgan fingerprint density at radius 1 is 0.952 bits per heavy atom. The van der Waals surface area contributed by atoms with Crippen LogP contribution in [-0.2, 0) is 30.8 Å². The fourth-order valence-corrected chi connectivity index (χ4v) is 7.03. The molecule has 1 aliphatic heterocycles. The van der Waals surface area contributed by atoms with E-state index >= 15 is 0 Å². The molecule has 0 atom stereocenters. The van der Waals surface area contributed by atoms with Gasteiger partial charge >= 0.3 is 5.97 Å². The van der Waals surface area contributed by atoms with Crippen LogP contribution in [0.5, 0.6) is 0 Å². The van der Waals surface area contributed by atoms with Crippen molar-refractivity contribution >= 4 is 55.8 Å². The van der Waals surface area contributed by atoms with E-state index in [1.165, 1.54) is 23.8 Å². The first kappa shape index (κ1) is 30.4. The van der Waals surface area contributed by atoms with Gasteiger partial charge in [-0.25, -0.2) is 8.42 Å². The Balaban J connectivity index is 1.46. The largest absolute Gasteiger partial charge is 0.459 e. The highest BCUT2D eigenvalue weighted by molar-refractivity contribution is 7.92. The number of rotatable bonds is 8. The summed E-state index contributed by atoms with van der Waals surface area (Å²) in [5.74, 6) is -0.686. The molecular formula is C31H33Cl2N3O5S. The lowest BCUT2D eigenvalue weighted by Gasteiger charge is -2.26. The molecule has 42 heavy (non-hydrogen) atoms. The molecule has 222 valence electrons. The second-order valence-corrected chi connectivity index (χ2v) is 13.9. The van der Waals surface area contributed by atoms with Crippen molar-refractivity contribution < 1.29 is 22.7 Å². The Kier molecular flexibility index (Phi) is 8.87. The zero-order valence-electron chi connectivity index (χ0n) is 23.7. The predicted octanol–water partition coefficient (Wildman–Crippen LogP) is 6.31. The van der Waals surface area contributed by atoms with Crippen LogP contribution in [0.25, 0.3) is 16.6 Å². The Labute approximate surface area is 256 Å². The number of aromatic nitrogens is 1. The molecule has 0 N–H and O–H groups in total. The molecule has 0 unspecified atom stereocenters. The smallest absolute Gasteiger partial charge is 0.327 e. The van der Waals surface area contributed by atoms with Gasteiger partial charge in [0.15, 0.2) is 0 Å². The summed E-state index contributed by atoms with van der Waals surface area (Å²) in [7, 11) is -4.24. The molecule has 0 bridgehead atoms. The SMILES string of the molecule is CC(C)(C)OC(=O)CN(c1ccc2c(ccn2-c2ccc(CN3CCOCC3)cc2)c1)S(=O)(=O)c1cc(Cl)cc(Cl)c1. The molecule has 1 aliphatic rings. The number of benzene rings is 3. The second-order valence-electron chi connectivity index (χ2n) is 11.2. The summed E-state index contributed by atoms with van der Waals surface area (Å²) in [6.07, 6.45) is 1.94. The summed E-state index contributed by atoms with van der Waals surface area (Å²) < 4.78 is 41.7. The maximum absolute atomic E-state index is 13.9. The van der Waals surface area contributed by atoms with Crippen LogP contribution in [0.4, 0.5) is 5.69 Å². The first-order chi connectivity index (χ1) is 19.9. The van der Waals surface area contributed by atoms with Crippen molar-refractivity contribution in [2.24, 2.45) is 0 Å². The molecule has 1 aromatic heterocycles. The van der Waals surface area contributed by atoms with Crippen molar-refractivity contribution in [3.8, 4) is 5.69 Å². The van der Waals surface area contributed by atoms with Gasteiger partial charge < -0.3 is 14.0 Å². The Bertz CT molecular complexity index is 1670. The zero-order chi connectivity index (χ0) is 30.1. The molecule has 3 aromatic carbocycles. The maximum atomic E-state index is 13.9. The van der Waals surface area contributed by atoms with E-state index in [4.69, 9.17) is 32.7 Å². The van der Waals surface area contributed by atoms with Gasteiger partial charge in [-0.1, -0.05) is 35.3 Å². The molecule has 4 aromatic rings. The van der Waals surface area contributed by atoms with Crippen LogP contribution >= 0.6 is 23.2 Å². The molecule has 8 nitrogen and oxygen atoms in total. The molecule has 11 heteroatoms. The van der Waals surface area contributed by atoms with Crippen LogP contribution in [0.15, 0.2) is 77.8 Å². The van der Waals surface area contributed by atoms with Gasteiger partial charge in [0.2, 0.25) is 0 Å². The number of carbonyl (C=O) groups excluding carboxylic acids is 1. The molecule has 5 rings (SSSR count). The lowest BCUT2D eigenvalue weighted by Crippen LogP contribution is -2.39. The number of fused-ring (bicyclic) bond motifs is 1. The standard InChI is InChI=1S/C31H33Cl2N3O5S/c1-31(2,3)41-30(37)21-36(42(38,39)28-18-24(32)17-25(33)19-28)27-8-9-29-23(16-27)10-11-35(29)26-6-4-22(5-7-26)20-34-12-14-40-15-13-34/h4-11,16-19H,12-15,20-21H2,1-3H3. The Morgan fingerprint density at radius 2 is 1.62 bits per heavy atom. The summed E-state index contributed by atoms with van der Waals surface area (Å²) in [6.45, 7) is 8.91. The van der Waals surface area contributed by atoms with Crippen LogP contribution in [0.1, 0.15) is 26.3 Å². The first-order valence-corrected chi connectivity index (χ1v) is 15.8. The molecule has 0 saturated carbocycles. The Morgan fingerprint density at radius 3 is 2.26 bits per heavy atom. The number of anilines is 1. The zero-order valence-corrected chi connectivity index (χ0v) is 26.0. The van der Waals surface area contributed by atoms with Crippen LogP contribution in [-0.4, -0.2) is 62.3 Å². The second kappa shape index (κ2) is 12.3. The molecule has 2 heterocycles. The number of morpholine rings is 1. The minimum absolute atomic E-state index is 0.126. The normalized spacial score (nSPS) is 14.7. The van der Waals surface area contributed by atoms with E-state index in [0.717, 1.165) is 53.7 Å². The summed E-state index contributed by atoms with van der Waals surface area (Å²) in [4.78, 5) is 15.1. The van der Waals surface area contributed by atoms with Crippen LogP contribution in [0, 0.1) is 0 Å². The van der Waals surface area contributed by atoms with E-state index in [2.05, 4.69) is 29.2 Å². The number of halogens is 2. The van der Waals surface area contributed by atoms with Gasteiger partial charge in [0.05, 0.1) is 29.3 Å². The van der Waals surface area contributed by atoms with E-state index in [1.54, 1.807) is 32.9 Å². The maximum Gasteiger partial charge on any atom is 0.327 e. The van der Waals surface area contributed by atoms with Crippen molar-refractivity contribution in [3.05, 3.63) is 88.5 Å². The highest BCUT2D eigenvalue weighted by Crippen LogP contribution is 2.31. The molecular weight excluding hydrogens is 597 g/mol. The van der Waals surface area contributed by atoms with Gasteiger partial charge in [-0.3, -0.25) is 14.0 Å². The lowest BCUT2D eigenvalue weighted by atomic mass is 10.2. The number of carbonyl (C=O) groups is 1. The summed E-state index contributed by atoms with van der Waals surface area (Å²) in [6, 6.07) is 19.6. The number of nitrogens with zero attached hydrogens (tertiary/aromatic N) is 3. The fraction of sp³-hybridized carbons (Fsp3) is 0.323. The molecule has 0 amide bonds. The van der Waals surface area contributed by atoms with Crippen molar-refractivity contribution in [3.63, 3.8) is 0 Å². The minimum Gasteiger partial charge on any atom is -0.459 e. The van der Waals surface area contributed by atoms with E-state index in [1.807, 2.05) is 22.9 Å². The van der Waals surface area contributed by atoms with Crippen LogP contribution in [0.3, 0.4) is 0 Å². The van der Waals surface area contributed by atoms with Crippen molar-refractivity contribution in [2.75, 3.05) is 37.2 Å². The third kappa shape index (κ3) is 7.10. The topological polar surface area (TPSA) is 81.1 Å². The highest BCUT2D eigenvalue weighted by atomic mass is 35.5. The van der Waals surface area contributed by atoms with Gasteiger partial charge in [0, 0.05) is 46.9 Å². The van der Waals surface area contributed by atoms with Crippen LogP contribution in [0.2, 0.25) is 10.0 Å². The number of hydrogen-bond donors (Lipinski definition) is 0. The average Bonchev–Trinajstić information content (AvgIpc) is 3.34. The van der Waals surface area contributed by atoms with E-state index in [9.17, 15) is 13.2 Å². The summed E-state index contributed by atoms with van der Waals surface area (Å²) in [5.41, 5.74) is 2.62. The van der Waals surface area contributed by atoms with E-state index in [-0.39, 0.29) is 14.9 Å². The number of esters is 1. The Hall–Kier alpha value is -3.08. The quantitative estimate of drug-likeness (QED) is 0.213. The third-order valence-corrected chi connectivity index (χ3v) is 8.99. The van der Waals surface area contributed by atoms with Gasteiger partial charge in [0.25, 0.3) is 10.0 Å². The monoisotopic (exact) mass is 629 g/mol. The average molecular weight is 631 g/mol. The molecule has 0 radical (unpaired) electrons. The molecule has 1 fully saturated rings. The predicted molar refractivity (Wildman–Crippen MR) is 166 cm³/mol. The van der Waals surface area contributed by atoms with Gasteiger partial charge in [0.1, 0.15) is 12.1 Å². The van der Waals surface area contributed by atoms with E-state index in [0.29, 0.717) is 5.69 Å². The van der Waals surface area contributed by atoms with Crippen molar-refractivity contribution in [1.29, 1.82) is 0 Å². The molecule has 0 aliphatic carbocycles. The highest BCUT2D eigenvalue weighted by Gasteiger charge is 2.30. The van der Waals surface area contributed by atoms with E-state index < -0.39 is 28.1 Å².